The second kappa shape index (κ2) is 11.9. The minimum Gasteiger partial charge on any atom is -0.352 e. The molecule has 0 bridgehead atoms. The van der Waals surface area contributed by atoms with E-state index in [1.54, 1.807) is 0 Å². The van der Waals surface area contributed by atoms with E-state index in [2.05, 4.69) is 37.2 Å². The Hall–Kier alpha value is -2.57. The quantitative estimate of drug-likeness (QED) is 0.574. The van der Waals surface area contributed by atoms with Gasteiger partial charge in [0.25, 0.3) is 5.91 Å². The van der Waals surface area contributed by atoms with Crippen LogP contribution in [0.5, 0.6) is 0 Å². The van der Waals surface area contributed by atoms with Crippen molar-refractivity contribution in [3.63, 3.8) is 0 Å². The van der Waals surface area contributed by atoms with Crippen molar-refractivity contribution in [2.75, 3.05) is 13.1 Å². The van der Waals surface area contributed by atoms with Gasteiger partial charge >= 0.3 is 0 Å². The Labute approximate surface area is 151 Å². The largest absolute Gasteiger partial charge is 0.352 e. The molecule has 3 nitrogen and oxygen atoms in total. The number of nitrogens with one attached hydrogen (secondary N) is 1. The van der Waals surface area contributed by atoms with Crippen molar-refractivity contribution in [3.8, 4) is 12.8 Å². The predicted molar refractivity (Wildman–Crippen MR) is 106 cm³/mol. The first-order valence-electron chi connectivity index (χ1n) is 8.72. The molecule has 0 atom stereocenters. The van der Waals surface area contributed by atoms with Crippen LogP contribution < -0.4 is 11.1 Å². The van der Waals surface area contributed by atoms with E-state index in [9.17, 15) is 4.79 Å². The highest BCUT2D eigenvalue weighted by molar-refractivity contribution is 5.94. The number of rotatable bonds is 8. The normalized spacial score (nSPS) is 9.76. The molecule has 25 heavy (non-hydrogen) atoms. The van der Waals surface area contributed by atoms with Crippen LogP contribution in [0.2, 0.25) is 0 Å². The van der Waals surface area contributed by atoms with E-state index in [0.717, 1.165) is 31.2 Å². The first-order chi connectivity index (χ1) is 12.2. The summed E-state index contributed by atoms with van der Waals surface area (Å²) < 4.78 is 0. The summed E-state index contributed by atoms with van der Waals surface area (Å²) in [5.41, 5.74) is 10.2. The van der Waals surface area contributed by atoms with Gasteiger partial charge in [0.15, 0.2) is 0 Å². The molecule has 0 radical (unpaired) electrons. The molecule has 3 heteroatoms. The van der Waals surface area contributed by atoms with Crippen LogP contribution in [0.15, 0.2) is 48.5 Å². The Bertz CT molecular complexity index is 662. The lowest BCUT2D eigenvalue weighted by molar-refractivity contribution is 0.0953. The van der Waals surface area contributed by atoms with Gasteiger partial charge in [0.2, 0.25) is 0 Å². The highest BCUT2D eigenvalue weighted by Gasteiger charge is 2.08. The molecule has 0 spiro atoms. The molecular weight excluding hydrogens is 308 g/mol. The monoisotopic (exact) mass is 336 g/mol. The van der Waals surface area contributed by atoms with Crippen LogP contribution in [-0.2, 0) is 19.3 Å². The van der Waals surface area contributed by atoms with Crippen molar-refractivity contribution in [1.82, 2.24) is 5.32 Å². The second-order valence-corrected chi connectivity index (χ2v) is 5.72. The Balaban J connectivity index is 0.00000151. The van der Waals surface area contributed by atoms with Crippen LogP contribution in [0.3, 0.4) is 0 Å². The molecule has 2 rings (SSSR count). The van der Waals surface area contributed by atoms with Crippen molar-refractivity contribution < 1.29 is 4.79 Å². The number of aryl methyl sites for hydroxylation is 2. The summed E-state index contributed by atoms with van der Waals surface area (Å²) in [6.45, 7) is 3.42. The van der Waals surface area contributed by atoms with Crippen molar-refractivity contribution in [2.24, 2.45) is 5.73 Å². The molecule has 0 aliphatic heterocycles. The van der Waals surface area contributed by atoms with E-state index < -0.39 is 0 Å². The van der Waals surface area contributed by atoms with E-state index in [1.165, 1.54) is 16.7 Å². The number of carbonyl (C=O) groups is 1. The van der Waals surface area contributed by atoms with Gasteiger partial charge in [-0.05, 0) is 61.1 Å². The third-order valence-corrected chi connectivity index (χ3v) is 4.03. The van der Waals surface area contributed by atoms with Crippen LogP contribution in [0.1, 0.15) is 40.4 Å². The van der Waals surface area contributed by atoms with Gasteiger partial charge in [0.1, 0.15) is 0 Å². The fourth-order valence-corrected chi connectivity index (χ4v) is 2.74. The van der Waals surface area contributed by atoms with Gasteiger partial charge in [-0.3, -0.25) is 4.79 Å². The summed E-state index contributed by atoms with van der Waals surface area (Å²) >= 11 is 0. The lowest BCUT2D eigenvalue weighted by atomic mass is 9.99. The number of carbonyl (C=O) groups excluding carboxylic acids is 1. The number of amides is 1. The van der Waals surface area contributed by atoms with Gasteiger partial charge in [0.05, 0.1) is 0 Å². The first-order valence-corrected chi connectivity index (χ1v) is 8.72. The molecule has 1 amide bonds. The van der Waals surface area contributed by atoms with Gasteiger partial charge < -0.3 is 11.1 Å². The zero-order valence-electron chi connectivity index (χ0n) is 15.0. The van der Waals surface area contributed by atoms with Crippen molar-refractivity contribution >= 4 is 5.91 Å². The minimum atomic E-state index is -0.000939. The highest BCUT2D eigenvalue weighted by Crippen LogP contribution is 2.13. The maximum Gasteiger partial charge on any atom is 0.251 e. The van der Waals surface area contributed by atoms with E-state index in [1.807, 2.05) is 36.4 Å². The number of hydrogen-bond donors (Lipinski definition) is 2. The highest BCUT2D eigenvalue weighted by atomic mass is 16.1. The topological polar surface area (TPSA) is 55.1 Å². The predicted octanol–water partition coefficient (Wildman–Crippen LogP) is 3.36. The molecule has 0 fully saturated rings. The fourth-order valence-electron chi connectivity index (χ4n) is 2.74. The molecule has 0 unspecified atom stereocenters. The molecule has 0 aliphatic carbocycles. The van der Waals surface area contributed by atoms with E-state index in [-0.39, 0.29) is 5.91 Å². The van der Waals surface area contributed by atoms with Gasteiger partial charge in [-0.2, -0.15) is 0 Å². The van der Waals surface area contributed by atoms with Crippen LogP contribution in [0.4, 0.5) is 0 Å². The number of terminal acetylenes is 1. The van der Waals surface area contributed by atoms with Crippen molar-refractivity contribution in [2.45, 2.75) is 32.6 Å². The fraction of sp³-hybridized carbons (Fsp3) is 0.318. The average molecular weight is 336 g/mol. The maximum absolute atomic E-state index is 12.3. The summed E-state index contributed by atoms with van der Waals surface area (Å²) in [4.78, 5) is 12.3. The average Bonchev–Trinajstić information content (AvgIpc) is 2.67. The molecule has 0 aliphatic rings. The van der Waals surface area contributed by atoms with Crippen LogP contribution in [-0.4, -0.2) is 19.0 Å². The Morgan fingerprint density at radius 2 is 1.76 bits per heavy atom. The van der Waals surface area contributed by atoms with E-state index in [0.29, 0.717) is 13.1 Å². The molecule has 0 saturated carbocycles. The van der Waals surface area contributed by atoms with Crippen molar-refractivity contribution in [1.29, 1.82) is 0 Å². The summed E-state index contributed by atoms with van der Waals surface area (Å²) in [5, 5.41) is 3.01. The van der Waals surface area contributed by atoms with Gasteiger partial charge in [-0.25, -0.2) is 0 Å². The van der Waals surface area contributed by atoms with Crippen LogP contribution >= 0.6 is 0 Å². The zero-order chi connectivity index (χ0) is 18.5. The second-order valence-electron chi connectivity index (χ2n) is 5.72. The number of nitrogens with two attached hydrogens (primary N) is 1. The Morgan fingerprint density at radius 3 is 2.40 bits per heavy atom. The molecule has 2 aromatic rings. The van der Waals surface area contributed by atoms with Gasteiger partial charge in [-0.15, -0.1) is 12.8 Å². The first kappa shape index (κ1) is 20.5. The maximum atomic E-state index is 12.3. The summed E-state index contributed by atoms with van der Waals surface area (Å²) in [6, 6.07) is 16.3. The molecule has 3 N–H and O–H groups in total. The molecule has 2 aromatic carbocycles. The van der Waals surface area contributed by atoms with E-state index >= 15 is 0 Å². The smallest absolute Gasteiger partial charge is 0.251 e. The summed E-state index contributed by atoms with van der Waals surface area (Å²) in [7, 11) is 0. The third-order valence-electron chi connectivity index (χ3n) is 4.03. The van der Waals surface area contributed by atoms with Gasteiger partial charge in [-0.1, -0.05) is 43.3 Å². The zero-order valence-corrected chi connectivity index (χ0v) is 15.0. The lowest BCUT2D eigenvalue weighted by Crippen LogP contribution is -2.25. The lowest BCUT2D eigenvalue weighted by Gasteiger charge is -2.10. The summed E-state index contributed by atoms with van der Waals surface area (Å²) in [6.07, 6.45) is 11.7. The van der Waals surface area contributed by atoms with Gasteiger partial charge in [0, 0.05) is 12.1 Å². The SMILES string of the molecule is C#C.CCc1ccc(C(=O)NCCCc2ccccc2)cc1CCN. The summed E-state index contributed by atoms with van der Waals surface area (Å²) in [5.74, 6) is -0.000939. The molecule has 0 heterocycles. The minimum absolute atomic E-state index is 0.000939. The molecular formula is C22H28N2O. The molecule has 132 valence electrons. The van der Waals surface area contributed by atoms with E-state index in [4.69, 9.17) is 5.73 Å². The standard InChI is InChI=1S/C20H26N2O.C2H2/c1-2-17-10-11-19(15-18(17)12-13-21)20(23)22-14-6-9-16-7-4-3-5-8-16;1-2/h3-5,7-8,10-11,15H,2,6,9,12-14,21H2,1H3,(H,22,23);1-2H. The third kappa shape index (κ3) is 6.82. The molecule has 0 aromatic heterocycles. The van der Waals surface area contributed by atoms with Crippen LogP contribution in [0, 0.1) is 12.8 Å². The van der Waals surface area contributed by atoms with Crippen LogP contribution in [0.25, 0.3) is 0 Å². The Morgan fingerprint density at radius 1 is 1.04 bits per heavy atom. The number of benzene rings is 2. The molecule has 0 saturated heterocycles. The number of hydrogen-bond acceptors (Lipinski definition) is 2. The van der Waals surface area contributed by atoms with Crippen molar-refractivity contribution in [3.05, 3.63) is 70.8 Å². The Kier molecular flexibility index (Phi) is 9.74.